The highest BCUT2D eigenvalue weighted by Crippen LogP contribution is 2.38. The average Bonchev–Trinajstić information content (AvgIpc) is 3.73. The third kappa shape index (κ3) is 3.77. The van der Waals surface area contributed by atoms with Crippen molar-refractivity contribution < 1.29 is 0 Å². The fraction of sp³-hybridized carbons (Fsp3) is 0.333. The van der Waals surface area contributed by atoms with Crippen LogP contribution in [0.1, 0.15) is 67.8 Å². The number of fused-ring (bicyclic) bond motifs is 1. The van der Waals surface area contributed by atoms with E-state index in [9.17, 15) is 0 Å². The van der Waals surface area contributed by atoms with Crippen LogP contribution in [0, 0.1) is 6.92 Å². The SMILES string of the molecule is Cc1cc2c(-c3ccc(-c4cnc([C@@H]5CCCN5)[nH]4)cc3)ccc(-c3cnc(C4CCCC4)[nH]3)c2[nH]1. The number of aromatic nitrogens is 5. The number of aromatic amines is 3. The van der Waals surface area contributed by atoms with Crippen LogP contribution in [0.5, 0.6) is 0 Å². The van der Waals surface area contributed by atoms with Crippen LogP contribution in [0.2, 0.25) is 0 Å². The number of hydrogen-bond donors (Lipinski definition) is 4. The molecule has 2 aromatic carbocycles. The van der Waals surface area contributed by atoms with Crippen molar-refractivity contribution in [2.24, 2.45) is 0 Å². The molecule has 0 unspecified atom stereocenters. The lowest BCUT2D eigenvalue weighted by molar-refractivity contribution is 0.613. The van der Waals surface area contributed by atoms with E-state index < -0.39 is 0 Å². The van der Waals surface area contributed by atoms with Gasteiger partial charge in [-0.2, -0.15) is 0 Å². The van der Waals surface area contributed by atoms with E-state index in [1.807, 2.05) is 12.4 Å². The van der Waals surface area contributed by atoms with Crippen molar-refractivity contribution >= 4 is 10.9 Å². The van der Waals surface area contributed by atoms with Crippen molar-refractivity contribution in [3.63, 3.8) is 0 Å². The zero-order chi connectivity index (χ0) is 24.1. The van der Waals surface area contributed by atoms with Crippen LogP contribution in [0.4, 0.5) is 0 Å². The fourth-order valence-corrected chi connectivity index (χ4v) is 6.12. The van der Waals surface area contributed by atoms with Crippen LogP contribution >= 0.6 is 0 Å². The number of benzene rings is 2. The van der Waals surface area contributed by atoms with E-state index in [-0.39, 0.29) is 0 Å². The summed E-state index contributed by atoms with van der Waals surface area (Å²) in [5, 5.41) is 4.76. The second-order valence-electron chi connectivity index (χ2n) is 10.5. The summed E-state index contributed by atoms with van der Waals surface area (Å²) >= 11 is 0. The summed E-state index contributed by atoms with van der Waals surface area (Å²) in [5.41, 5.74) is 9.28. The van der Waals surface area contributed by atoms with Gasteiger partial charge < -0.3 is 20.3 Å². The summed E-state index contributed by atoms with van der Waals surface area (Å²) in [4.78, 5) is 20.2. The Bertz CT molecular complexity index is 1510. The van der Waals surface area contributed by atoms with Gasteiger partial charge in [0.1, 0.15) is 11.6 Å². The number of hydrogen-bond acceptors (Lipinski definition) is 3. The molecule has 4 heterocycles. The van der Waals surface area contributed by atoms with Crippen LogP contribution < -0.4 is 5.32 Å². The fourth-order valence-electron chi connectivity index (χ4n) is 6.12. The van der Waals surface area contributed by atoms with Crippen molar-refractivity contribution in [3.8, 4) is 33.6 Å². The maximum atomic E-state index is 4.75. The quantitative estimate of drug-likeness (QED) is 0.220. The molecule has 1 aliphatic heterocycles. The van der Waals surface area contributed by atoms with Crippen LogP contribution in [-0.2, 0) is 0 Å². The molecule has 0 amide bonds. The van der Waals surface area contributed by atoms with Gasteiger partial charge >= 0.3 is 0 Å². The van der Waals surface area contributed by atoms with Crippen LogP contribution in [-0.4, -0.2) is 31.5 Å². The van der Waals surface area contributed by atoms with E-state index in [2.05, 4.69) is 74.6 Å². The Labute approximate surface area is 211 Å². The number of aryl methyl sites for hydroxylation is 1. The summed E-state index contributed by atoms with van der Waals surface area (Å²) in [7, 11) is 0. The summed E-state index contributed by atoms with van der Waals surface area (Å²) in [6.07, 6.45) is 11.4. The van der Waals surface area contributed by atoms with Gasteiger partial charge in [-0.1, -0.05) is 49.2 Å². The molecule has 6 heteroatoms. The highest BCUT2D eigenvalue weighted by Gasteiger charge is 2.22. The maximum absolute atomic E-state index is 4.75. The second-order valence-corrected chi connectivity index (χ2v) is 10.5. The zero-order valence-electron chi connectivity index (χ0n) is 20.7. The van der Waals surface area contributed by atoms with E-state index in [0.29, 0.717) is 12.0 Å². The standard InChI is InChI=1S/C30H32N6/c1-18-15-24-22(12-13-23(28(24)34-18)27-17-32-29(36-27)21-5-2-3-6-21)19-8-10-20(11-9-19)26-16-33-30(35-26)25-7-4-14-31-25/h8-13,15-17,21,25,31,34H,2-7,14H2,1H3,(H,32,36)(H,33,35)/t25-/m0/s1. The smallest absolute Gasteiger partial charge is 0.123 e. The first-order valence-corrected chi connectivity index (χ1v) is 13.3. The molecule has 2 aliphatic rings. The summed E-state index contributed by atoms with van der Waals surface area (Å²) in [5.74, 6) is 2.77. The van der Waals surface area contributed by atoms with Gasteiger partial charge in [0.25, 0.3) is 0 Å². The van der Waals surface area contributed by atoms with Gasteiger partial charge in [0.15, 0.2) is 0 Å². The molecular formula is C30H32N6. The molecule has 1 saturated heterocycles. The number of rotatable bonds is 5. The Kier molecular flexibility index (Phi) is 5.28. The van der Waals surface area contributed by atoms with Crippen LogP contribution in [0.3, 0.4) is 0 Å². The number of H-pyrrole nitrogens is 3. The molecule has 5 aromatic rings. The average molecular weight is 477 g/mol. The second kappa shape index (κ2) is 8.79. The van der Waals surface area contributed by atoms with Crippen LogP contribution in [0.25, 0.3) is 44.5 Å². The molecule has 1 atom stereocenters. The first kappa shape index (κ1) is 21.6. The van der Waals surface area contributed by atoms with Gasteiger partial charge in [0.05, 0.1) is 35.3 Å². The Hall–Kier alpha value is -3.64. The first-order chi connectivity index (χ1) is 17.7. The van der Waals surface area contributed by atoms with E-state index in [0.717, 1.165) is 52.8 Å². The third-order valence-electron chi connectivity index (χ3n) is 8.05. The molecular weight excluding hydrogens is 444 g/mol. The van der Waals surface area contributed by atoms with Gasteiger partial charge in [-0.05, 0) is 61.9 Å². The number of imidazole rings is 2. The number of nitrogens with one attached hydrogen (secondary N) is 4. The molecule has 2 fully saturated rings. The van der Waals surface area contributed by atoms with E-state index in [1.165, 1.54) is 54.2 Å². The Morgan fingerprint density at radius 2 is 1.44 bits per heavy atom. The molecule has 1 saturated carbocycles. The highest BCUT2D eigenvalue weighted by atomic mass is 15.0. The first-order valence-electron chi connectivity index (χ1n) is 13.3. The van der Waals surface area contributed by atoms with Gasteiger partial charge in [0, 0.05) is 22.6 Å². The molecule has 6 nitrogen and oxygen atoms in total. The minimum absolute atomic E-state index is 0.353. The molecule has 7 rings (SSSR count). The van der Waals surface area contributed by atoms with Crippen LogP contribution in [0.15, 0.2) is 54.9 Å². The normalized spacial score (nSPS) is 18.5. The minimum Gasteiger partial charge on any atom is -0.358 e. The Balaban J connectivity index is 1.21. The topological polar surface area (TPSA) is 85.2 Å². The molecule has 0 radical (unpaired) electrons. The Morgan fingerprint density at radius 3 is 2.25 bits per heavy atom. The zero-order valence-corrected chi connectivity index (χ0v) is 20.7. The molecule has 182 valence electrons. The lowest BCUT2D eigenvalue weighted by Gasteiger charge is -2.09. The van der Waals surface area contributed by atoms with Gasteiger partial charge in [-0.3, -0.25) is 0 Å². The lowest BCUT2D eigenvalue weighted by atomic mass is 9.97. The van der Waals surface area contributed by atoms with E-state index in [1.54, 1.807) is 0 Å². The van der Waals surface area contributed by atoms with Crippen molar-refractivity contribution in [2.75, 3.05) is 6.54 Å². The molecule has 1 aliphatic carbocycles. The van der Waals surface area contributed by atoms with Crippen molar-refractivity contribution in [1.82, 2.24) is 30.2 Å². The predicted octanol–water partition coefficient (Wildman–Crippen LogP) is 7.01. The minimum atomic E-state index is 0.353. The van der Waals surface area contributed by atoms with Gasteiger partial charge in [-0.25, -0.2) is 9.97 Å². The monoisotopic (exact) mass is 476 g/mol. The predicted molar refractivity (Wildman–Crippen MR) is 145 cm³/mol. The largest absolute Gasteiger partial charge is 0.358 e. The van der Waals surface area contributed by atoms with E-state index in [4.69, 9.17) is 4.98 Å². The summed E-state index contributed by atoms with van der Waals surface area (Å²) in [6, 6.07) is 15.9. The van der Waals surface area contributed by atoms with E-state index >= 15 is 0 Å². The van der Waals surface area contributed by atoms with Crippen molar-refractivity contribution in [3.05, 3.63) is 72.2 Å². The van der Waals surface area contributed by atoms with Gasteiger partial charge in [-0.15, -0.1) is 0 Å². The highest BCUT2D eigenvalue weighted by molar-refractivity contribution is 6.03. The molecule has 36 heavy (non-hydrogen) atoms. The maximum Gasteiger partial charge on any atom is 0.123 e. The van der Waals surface area contributed by atoms with Crippen molar-refractivity contribution in [2.45, 2.75) is 57.4 Å². The molecule has 0 spiro atoms. The molecule has 4 N–H and O–H groups in total. The van der Waals surface area contributed by atoms with Crippen molar-refractivity contribution in [1.29, 1.82) is 0 Å². The Morgan fingerprint density at radius 1 is 0.722 bits per heavy atom. The summed E-state index contributed by atoms with van der Waals surface area (Å²) in [6.45, 7) is 3.20. The van der Waals surface area contributed by atoms with Gasteiger partial charge in [0.2, 0.25) is 0 Å². The summed E-state index contributed by atoms with van der Waals surface area (Å²) < 4.78 is 0. The number of nitrogens with zero attached hydrogens (tertiary/aromatic N) is 2. The lowest BCUT2D eigenvalue weighted by Crippen LogP contribution is -2.14. The third-order valence-corrected chi connectivity index (χ3v) is 8.05. The molecule has 3 aromatic heterocycles. The molecule has 0 bridgehead atoms.